The number of carbonyl (C=O) groups excluding carboxylic acids is 1. The second kappa shape index (κ2) is 10.7. The predicted octanol–water partition coefficient (Wildman–Crippen LogP) is -0.513. The number of phenolic OH excluding ortho intramolecular Hbond substituents is 3. The van der Waals surface area contributed by atoms with Gasteiger partial charge in [0.05, 0.1) is 0 Å². The summed E-state index contributed by atoms with van der Waals surface area (Å²) in [6.45, 7) is -0.698. The second-order valence-corrected chi connectivity index (χ2v) is 8.51. The van der Waals surface area contributed by atoms with Crippen LogP contribution >= 0.6 is 0 Å². The Hall–Kier alpha value is -4.57. The molecule has 2 aromatic carbocycles. The molecule has 2 heterocycles. The maximum atomic E-state index is 12.7. The zero-order valence-electron chi connectivity index (χ0n) is 19.6. The van der Waals surface area contributed by atoms with Crippen molar-refractivity contribution in [2.75, 3.05) is 6.61 Å². The number of aliphatic carboxylic acids is 1. The van der Waals surface area contributed by atoms with E-state index in [1.807, 2.05) is 0 Å². The molecule has 1 aliphatic rings. The molecule has 8 N–H and O–H groups in total. The topological polar surface area (TPSA) is 254 Å². The van der Waals surface area contributed by atoms with Gasteiger partial charge >= 0.3 is 11.9 Å². The molecule has 1 fully saturated rings. The Morgan fingerprint density at radius 3 is 2.28 bits per heavy atom. The maximum Gasteiger partial charge on any atom is 0.317 e. The van der Waals surface area contributed by atoms with Crippen molar-refractivity contribution < 1.29 is 69.1 Å². The molecular formula is C24H22O15. The molecule has 0 radical (unpaired) electrons. The second-order valence-electron chi connectivity index (χ2n) is 8.51. The number of esters is 1. The third kappa shape index (κ3) is 5.51. The highest BCUT2D eigenvalue weighted by molar-refractivity contribution is 5.90. The summed E-state index contributed by atoms with van der Waals surface area (Å²) in [5, 5.41) is 78.9. The molecular weight excluding hydrogens is 528 g/mol. The number of aliphatic hydroxyl groups excluding tert-OH is 3. The van der Waals surface area contributed by atoms with E-state index in [9.17, 15) is 50.1 Å². The largest absolute Gasteiger partial charge is 0.507 e. The van der Waals surface area contributed by atoms with Gasteiger partial charge in [0.2, 0.25) is 17.5 Å². The zero-order chi connectivity index (χ0) is 28.6. The average molecular weight is 550 g/mol. The molecule has 15 heteroatoms. The van der Waals surface area contributed by atoms with Gasteiger partial charge in [-0.2, -0.15) is 0 Å². The van der Waals surface area contributed by atoms with Crippen LogP contribution in [-0.4, -0.2) is 90.1 Å². The first kappa shape index (κ1) is 27.5. The van der Waals surface area contributed by atoms with E-state index in [0.717, 1.165) is 24.3 Å². The Morgan fingerprint density at radius 1 is 0.897 bits per heavy atom. The predicted molar refractivity (Wildman–Crippen MR) is 125 cm³/mol. The monoisotopic (exact) mass is 550 g/mol. The normalized spacial score (nSPS) is 22.9. The van der Waals surface area contributed by atoms with Crippen LogP contribution in [0.2, 0.25) is 0 Å². The molecule has 4 rings (SSSR count). The summed E-state index contributed by atoms with van der Waals surface area (Å²) in [5.74, 6) is -5.95. The van der Waals surface area contributed by atoms with E-state index < -0.39 is 95.2 Å². The van der Waals surface area contributed by atoms with Crippen LogP contribution in [0.4, 0.5) is 0 Å². The van der Waals surface area contributed by atoms with Crippen molar-refractivity contribution in [1.29, 1.82) is 0 Å². The van der Waals surface area contributed by atoms with Crippen LogP contribution in [-0.2, 0) is 19.1 Å². The van der Waals surface area contributed by atoms with Gasteiger partial charge in [-0.05, 0) is 18.2 Å². The summed E-state index contributed by atoms with van der Waals surface area (Å²) in [5.41, 5.74) is -1.37. The van der Waals surface area contributed by atoms with Crippen molar-refractivity contribution >= 4 is 22.9 Å². The number of fused-ring (bicyclic) bond motifs is 1. The molecule has 5 unspecified atom stereocenters. The minimum atomic E-state index is -1.86. The van der Waals surface area contributed by atoms with Crippen LogP contribution < -0.4 is 10.2 Å². The molecule has 39 heavy (non-hydrogen) atoms. The average Bonchev–Trinajstić information content (AvgIpc) is 2.86. The quantitative estimate of drug-likeness (QED) is 0.105. The molecule has 1 saturated heterocycles. The summed E-state index contributed by atoms with van der Waals surface area (Å²) in [6, 6.07) is 5.33. The molecule has 0 spiro atoms. The minimum absolute atomic E-state index is 0.00366. The Labute approximate surface area is 216 Å². The van der Waals surface area contributed by atoms with Crippen molar-refractivity contribution in [3.05, 3.63) is 40.6 Å². The van der Waals surface area contributed by atoms with Gasteiger partial charge in [0.25, 0.3) is 0 Å². The molecule has 0 aliphatic carbocycles. The fourth-order valence-corrected chi connectivity index (χ4v) is 3.83. The number of phenols is 3. The van der Waals surface area contributed by atoms with Gasteiger partial charge < -0.3 is 59.5 Å². The lowest BCUT2D eigenvalue weighted by molar-refractivity contribution is -0.278. The molecule has 15 nitrogen and oxygen atoms in total. The SMILES string of the molecule is O=C(O)CC(=O)OCC1OC(Oc2cc(O)c3c(=O)c(O)c(-c4ccc(O)c(O)c4)oc3c2)C(O)C(O)C1O. The van der Waals surface area contributed by atoms with Crippen molar-refractivity contribution in [3.63, 3.8) is 0 Å². The molecule has 1 aromatic heterocycles. The van der Waals surface area contributed by atoms with Crippen LogP contribution in [0, 0.1) is 0 Å². The number of benzene rings is 2. The number of aliphatic hydroxyl groups is 3. The maximum absolute atomic E-state index is 12.7. The van der Waals surface area contributed by atoms with Crippen molar-refractivity contribution in [2.24, 2.45) is 0 Å². The summed E-state index contributed by atoms with van der Waals surface area (Å²) < 4.78 is 21.2. The van der Waals surface area contributed by atoms with Crippen LogP contribution in [0.15, 0.2) is 39.5 Å². The van der Waals surface area contributed by atoms with Crippen LogP contribution in [0.5, 0.6) is 28.7 Å². The standard InChI is InChI=1S/C24H22O15/c25-10-2-1-8(3-11(10)26)23-21(34)19(32)17-12(27)4-9(5-13(17)38-23)37-24-22(35)20(33)18(31)14(39-24)7-36-16(30)6-15(28)29/h1-5,14,18,20,22,24-27,31,33-35H,6-7H2,(H,28,29). The van der Waals surface area contributed by atoms with E-state index in [1.165, 1.54) is 6.07 Å². The van der Waals surface area contributed by atoms with Gasteiger partial charge in [0, 0.05) is 17.7 Å². The molecule has 3 aromatic rings. The van der Waals surface area contributed by atoms with Crippen LogP contribution in [0.3, 0.4) is 0 Å². The molecule has 208 valence electrons. The van der Waals surface area contributed by atoms with Gasteiger partial charge in [-0.15, -0.1) is 0 Å². The summed E-state index contributed by atoms with van der Waals surface area (Å²) >= 11 is 0. The fraction of sp³-hybridized carbons (Fsp3) is 0.292. The highest BCUT2D eigenvalue weighted by atomic mass is 16.7. The van der Waals surface area contributed by atoms with Crippen LogP contribution in [0.25, 0.3) is 22.3 Å². The Bertz CT molecular complexity index is 1480. The molecule has 5 atom stereocenters. The first-order chi connectivity index (χ1) is 18.4. The highest BCUT2D eigenvalue weighted by Gasteiger charge is 2.45. The van der Waals surface area contributed by atoms with Crippen molar-refractivity contribution in [2.45, 2.75) is 37.1 Å². The lowest BCUT2D eigenvalue weighted by Crippen LogP contribution is -2.60. The number of ether oxygens (including phenoxy) is 3. The van der Waals surface area contributed by atoms with Gasteiger partial charge in [-0.1, -0.05) is 0 Å². The Kier molecular flexibility index (Phi) is 7.51. The summed E-state index contributed by atoms with van der Waals surface area (Å²) in [4.78, 5) is 34.9. The van der Waals surface area contributed by atoms with E-state index in [0.29, 0.717) is 0 Å². The van der Waals surface area contributed by atoms with Crippen LogP contribution in [0.1, 0.15) is 6.42 Å². The lowest BCUT2D eigenvalue weighted by Gasteiger charge is -2.39. The number of carboxylic acids is 1. The van der Waals surface area contributed by atoms with E-state index in [1.54, 1.807) is 0 Å². The third-order valence-corrected chi connectivity index (χ3v) is 5.79. The van der Waals surface area contributed by atoms with Gasteiger partial charge in [-0.25, -0.2) is 0 Å². The Balaban J connectivity index is 1.64. The zero-order valence-corrected chi connectivity index (χ0v) is 19.6. The number of hydrogen-bond acceptors (Lipinski definition) is 14. The van der Waals surface area contributed by atoms with Crippen molar-refractivity contribution in [1.82, 2.24) is 0 Å². The van der Waals surface area contributed by atoms with E-state index in [2.05, 4.69) is 0 Å². The lowest BCUT2D eigenvalue weighted by atomic mass is 9.99. The molecule has 0 bridgehead atoms. The van der Waals surface area contributed by atoms with E-state index in [4.69, 9.17) is 23.7 Å². The minimum Gasteiger partial charge on any atom is -0.507 e. The van der Waals surface area contributed by atoms with Gasteiger partial charge in [0.15, 0.2) is 17.3 Å². The molecule has 0 saturated carbocycles. The van der Waals surface area contributed by atoms with Gasteiger partial charge in [0.1, 0.15) is 59.9 Å². The summed E-state index contributed by atoms with van der Waals surface area (Å²) in [7, 11) is 0. The van der Waals surface area contributed by atoms with Gasteiger partial charge in [-0.3, -0.25) is 14.4 Å². The number of rotatable bonds is 7. The first-order valence-corrected chi connectivity index (χ1v) is 11.2. The smallest absolute Gasteiger partial charge is 0.317 e. The van der Waals surface area contributed by atoms with E-state index in [-0.39, 0.29) is 16.9 Å². The Morgan fingerprint density at radius 2 is 1.62 bits per heavy atom. The van der Waals surface area contributed by atoms with Crippen molar-refractivity contribution in [3.8, 4) is 40.1 Å². The first-order valence-electron chi connectivity index (χ1n) is 11.2. The summed E-state index contributed by atoms with van der Waals surface area (Å²) in [6.07, 6.45) is -9.61. The number of carbonyl (C=O) groups is 2. The number of carboxylic acid groups (broad SMARTS) is 1. The van der Waals surface area contributed by atoms with E-state index >= 15 is 0 Å². The molecule has 0 amide bonds. The number of aromatic hydroxyl groups is 4. The third-order valence-electron chi connectivity index (χ3n) is 5.79. The fourth-order valence-electron chi connectivity index (χ4n) is 3.83. The number of hydrogen-bond donors (Lipinski definition) is 8. The molecule has 1 aliphatic heterocycles. The highest BCUT2D eigenvalue weighted by Crippen LogP contribution is 2.38.